The highest BCUT2D eigenvalue weighted by molar-refractivity contribution is 7.14. The average Bonchev–Trinajstić information content (AvgIpc) is 3.10. The van der Waals surface area contributed by atoms with Gasteiger partial charge in [0.2, 0.25) is 0 Å². The number of aromatic nitrogens is 1. The Bertz CT molecular complexity index is 989. The molecule has 146 valence electrons. The summed E-state index contributed by atoms with van der Waals surface area (Å²) in [4.78, 5) is 30.2. The molecule has 3 rings (SSSR count). The summed E-state index contributed by atoms with van der Waals surface area (Å²) in [6.45, 7) is 4.76. The number of amides is 2. The number of likely N-dealkylation sites (N-methyl/N-ethyl adjacent to an activating group) is 1. The molecule has 2 aromatic rings. The van der Waals surface area contributed by atoms with E-state index in [0.717, 1.165) is 4.88 Å². The fourth-order valence-corrected chi connectivity index (χ4v) is 3.72. The highest BCUT2D eigenvalue weighted by Crippen LogP contribution is 2.41. The Labute approximate surface area is 167 Å². The molecule has 1 aliphatic rings. The van der Waals surface area contributed by atoms with Crippen LogP contribution in [0.5, 0.6) is 5.75 Å². The van der Waals surface area contributed by atoms with Crippen molar-refractivity contribution in [1.29, 1.82) is 0 Å². The summed E-state index contributed by atoms with van der Waals surface area (Å²) in [5.74, 6) is 5.09. The van der Waals surface area contributed by atoms with E-state index in [4.69, 9.17) is 10.5 Å². The van der Waals surface area contributed by atoms with E-state index < -0.39 is 17.9 Å². The van der Waals surface area contributed by atoms with Crippen molar-refractivity contribution >= 4 is 23.2 Å². The average molecular weight is 399 g/mol. The zero-order chi connectivity index (χ0) is 20.4. The zero-order valence-corrected chi connectivity index (χ0v) is 16.7. The number of ether oxygens (including phenoxy) is 1. The second-order valence-electron chi connectivity index (χ2n) is 6.54. The third-order valence-electron chi connectivity index (χ3n) is 4.47. The highest BCUT2D eigenvalue weighted by atomic mass is 32.1. The summed E-state index contributed by atoms with van der Waals surface area (Å²) in [7, 11) is 1.61. The Kier molecular flexibility index (Phi) is 5.68. The second kappa shape index (κ2) is 8.00. The number of benzene rings is 1. The Hall–Kier alpha value is -2.89. The molecule has 7 nitrogen and oxygen atoms in total. The van der Waals surface area contributed by atoms with Gasteiger partial charge in [0, 0.05) is 35.5 Å². The highest BCUT2D eigenvalue weighted by Gasteiger charge is 2.26. The summed E-state index contributed by atoms with van der Waals surface area (Å²) in [6.07, 6.45) is -1.39. The Morgan fingerprint density at radius 3 is 2.93 bits per heavy atom. The van der Waals surface area contributed by atoms with Crippen molar-refractivity contribution in [2.24, 2.45) is 5.73 Å². The summed E-state index contributed by atoms with van der Waals surface area (Å²) < 4.78 is 5.86. The van der Waals surface area contributed by atoms with E-state index in [0.29, 0.717) is 35.7 Å². The van der Waals surface area contributed by atoms with Crippen molar-refractivity contribution < 1.29 is 19.4 Å². The maximum atomic E-state index is 11.9. The molecule has 3 N–H and O–H groups in total. The van der Waals surface area contributed by atoms with Crippen LogP contribution in [0.15, 0.2) is 18.2 Å². The molecule has 2 unspecified atom stereocenters. The number of hydrogen-bond donors (Lipinski definition) is 2. The number of carbonyl (C=O) groups is 2. The molecule has 0 saturated heterocycles. The Morgan fingerprint density at radius 1 is 1.50 bits per heavy atom. The van der Waals surface area contributed by atoms with Crippen molar-refractivity contribution in [3.63, 3.8) is 0 Å². The molecule has 2 amide bonds. The molecule has 1 aromatic heterocycles. The van der Waals surface area contributed by atoms with Gasteiger partial charge in [0.25, 0.3) is 11.8 Å². The molecule has 0 saturated carbocycles. The number of nitrogens with zero attached hydrogens (tertiary/aromatic N) is 2. The third kappa shape index (κ3) is 3.86. The molecule has 0 bridgehead atoms. The molecule has 0 aliphatic carbocycles. The van der Waals surface area contributed by atoms with Crippen molar-refractivity contribution in [2.45, 2.75) is 25.9 Å². The smallest absolute Gasteiger partial charge is 0.277 e. The van der Waals surface area contributed by atoms with Crippen molar-refractivity contribution in [1.82, 2.24) is 9.88 Å². The van der Waals surface area contributed by atoms with Crippen molar-refractivity contribution in [3.05, 3.63) is 33.6 Å². The van der Waals surface area contributed by atoms with Crippen LogP contribution in [0, 0.1) is 11.8 Å². The van der Waals surface area contributed by atoms with Crippen LogP contribution in [0.3, 0.4) is 0 Å². The summed E-state index contributed by atoms with van der Waals surface area (Å²) in [5.41, 5.74) is 7.36. The molecule has 0 radical (unpaired) electrons. The minimum Gasteiger partial charge on any atom is -0.492 e. The largest absolute Gasteiger partial charge is 0.492 e. The minimum atomic E-state index is -1.39. The van der Waals surface area contributed by atoms with Gasteiger partial charge in [-0.3, -0.25) is 9.59 Å². The molecule has 0 spiro atoms. The van der Waals surface area contributed by atoms with Crippen LogP contribution < -0.4 is 10.5 Å². The van der Waals surface area contributed by atoms with E-state index in [9.17, 15) is 14.7 Å². The first-order chi connectivity index (χ1) is 13.3. The third-order valence-corrected chi connectivity index (χ3v) is 5.77. The van der Waals surface area contributed by atoms with Gasteiger partial charge in [-0.05, 0) is 25.1 Å². The number of thiazole rings is 1. The Morgan fingerprint density at radius 2 is 2.25 bits per heavy atom. The Balaban J connectivity index is 1.99. The number of fused-ring (bicyclic) bond motifs is 3. The van der Waals surface area contributed by atoms with Crippen LogP contribution in [-0.4, -0.2) is 53.1 Å². The molecule has 1 aromatic carbocycles. The lowest BCUT2D eigenvalue weighted by atomic mass is 10.0. The van der Waals surface area contributed by atoms with Gasteiger partial charge >= 0.3 is 0 Å². The number of aliphatic hydroxyl groups is 1. The number of hydrogen-bond acceptors (Lipinski definition) is 6. The van der Waals surface area contributed by atoms with Gasteiger partial charge in [0.1, 0.15) is 5.75 Å². The van der Waals surface area contributed by atoms with Gasteiger partial charge in [0.15, 0.2) is 11.1 Å². The predicted molar refractivity (Wildman–Crippen MR) is 106 cm³/mol. The number of aliphatic hydroxyl groups excluding tert-OH is 1. The first-order valence-electron chi connectivity index (χ1n) is 8.84. The molecular weight excluding hydrogens is 378 g/mol. The normalized spacial score (nSPS) is 15.8. The van der Waals surface area contributed by atoms with Gasteiger partial charge in [0.05, 0.1) is 12.3 Å². The topological polar surface area (TPSA) is 106 Å². The summed E-state index contributed by atoms with van der Waals surface area (Å²) >= 11 is 1.27. The monoisotopic (exact) mass is 399 g/mol. The number of carbonyl (C=O) groups excluding carboxylic acids is 2. The molecule has 1 aliphatic heterocycles. The van der Waals surface area contributed by atoms with E-state index in [-0.39, 0.29) is 10.9 Å². The van der Waals surface area contributed by atoms with Gasteiger partial charge < -0.3 is 20.5 Å². The summed E-state index contributed by atoms with van der Waals surface area (Å²) in [6, 6.07) is 5.31. The maximum absolute atomic E-state index is 11.9. The number of primary amides is 1. The molecule has 0 fully saturated rings. The van der Waals surface area contributed by atoms with E-state index in [1.165, 1.54) is 16.2 Å². The van der Waals surface area contributed by atoms with Gasteiger partial charge in [-0.2, -0.15) is 0 Å². The molecule has 2 heterocycles. The van der Waals surface area contributed by atoms with E-state index >= 15 is 0 Å². The van der Waals surface area contributed by atoms with Crippen LogP contribution in [0.25, 0.3) is 11.3 Å². The minimum absolute atomic E-state index is 0.0616. The molecule has 28 heavy (non-hydrogen) atoms. The van der Waals surface area contributed by atoms with Crippen LogP contribution >= 0.6 is 11.3 Å². The fraction of sp³-hybridized carbons (Fsp3) is 0.350. The van der Waals surface area contributed by atoms with Gasteiger partial charge in [-0.25, -0.2) is 4.98 Å². The summed E-state index contributed by atoms with van der Waals surface area (Å²) in [5, 5.41) is 10.2. The molecule has 8 heteroatoms. The van der Waals surface area contributed by atoms with E-state index in [1.54, 1.807) is 25.2 Å². The first-order valence-corrected chi connectivity index (χ1v) is 9.65. The lowest BCUT2D eigenvalue weighted by molar-refractivity contribution is -0.135. The first kappa shape index (κ1) is 19.9. The lowest BCUT2D eigenvalue weighted by Crippen LogP contribution is -2.35. The van der Waals surface area contributed by atoms with Crippen LogP contribution in [-0.2, 0) is 4.79 Å². The van der Waals surface area contributed by atoms with Crippen molar-refractivity contribution in [3.8, 4) is 28.8 Å². The number of nitrogens with two attached hydrogens (primary N) is 1. The van der Waals surface area contributed by atoms with Crippen molar-refractivity contribution in [2.75, 3.05) is 20.2 Å². The van der Waals surface area contributed by atoms with Crippen LogP contribution in [0.2, 0.25) is 0 Å². The van der Waals surface area contributed by atoms with Gasteiger partial charge in [-0.1, -0.05) is 18.8 Å². The number of rotatable bonds is 3. The maximum Gasteiger partial charge on any atom is 0.277 e. The van der Waals surface area contributed by atoms with Crippen LogP contribution in [0.4, 0.5) is 0 Å². The molecular formula is C20H21N3O4S. The van der Waals surface area contributed by atoms with E-state index in [2.05, 4.69) is 16.8 Å². The quantitative estimate of drug-likeness (QED) is 0.763. The second-order valence-corrected chi connectivity index (χ2v) is 7.57. The SMILES string of the molecule is CCN(C)C(=O)C(O)C#Cc1ccc2c(c1)-c1nc(C(N)=O)sc1C(C)CO2. The standard InChI is InChI=1S/C20H21N3O4S/c1-4-23(3)20(26)14(24)7-5-12-6-8-15-13(9-12)16-17(11(2)10-27-15)28-19(22-16)18(21)25/h6,8-9,11,14,24H,4,10H2,1-3H3,(H2,21,25). The predicted octanol–water partition coefficient (Wildman–Crippen LogP) is 1.60. The van der Waals surface area contributed by atoms with Crippen LogP contribution in [0.1, 0.15) is 40.0 Å². The van der Waals surface area contributed by atoms with E-state index in [1.807, 2.05) is 13.8 Å². The fourth-order valence-electron chi connectivity index (χ4n) is 2.75. The molecule has 2 atom stereocenters. The lowest BCUT2D eigenvalue weighted by Gasteiger charge is -2.15. The zero-order valence-electron chi connectivity index (χ0n) is 15.9. The van der Waals surface area contributed by atoms with Gasteiger partial charge in [-0.15, -0.1) is 11.3 Å².